The van der Waals surface area contributed by atoms with E-state index in [-0.39, 0.29) is 0 Å². The lowest BCUT2D eigenvalue weighted by Crippen LogP contribution is -2.48. The lowest BCUT2D eigenvalue weighted by atomic mass is 9.99. The first kappa shape index (κ1) is 12.0. The number of hydrogen-bond acceptors (Lipinski definition) is 5. The van der Waals surface area contributed by atoms with Gasteiger partial charge in [0, 0.05) is 5.92 Å². The number of aromatic nitrogens is 2. The van der Waals surface area contributed by atoms with Crippen LogP contribution in [-0.4, -0.2) is 26.8 Å². The maximum Gasteiger partial charge on any atom is 0.323 e. The Balaban J connectivity index is 1.93. The van der Waals surface area contributed by atoms with Gasteiger partial charge in [-0.2, -0.15) is 4.98 Å². The van der Waals surface area contributed by atoms with Gasteiger partial charge in [0.2, 0.25) is 5.89 Å². The predicted octanol–water partition coefficient (Wildman–Crippen LogP) is 1.29. The molecule has 0 bridgehead atoms. The third kappa shape index (κ3) is 2.63. The molecule has 1 fully saturated rings. The van der Waals surface area contributed by atoms with Crippen molar-refractivity contribution in [1.82, 2.24) is 15.5 Å². The van der Waals surface area contributed by atoms with Gasteiger partial charge in [0.1, 0.15) is 5.54 Å². The van der Waals surface area contributed by atoms with Crippen molar-refractivity contribution in [3.63, 3.8) is 0 Å². The van der Waals surface area contributed by atoms with Gasteiger partial charge in [0.15, 0.2) is 5.82 Å². The SMILES string of the molecule is CCC(C)(NCc1noc(C2CC2)n1)C(=O)O. The zero-order valence-corrected chi connectivity index (χ0v) is 10.1. The summed E-state index contributed by atoms with van der Waals surface area (Å²) in [7, 11) is 0. The van der Waals surface area contributed by atoms with E-state index >= 15 is 0 Å². The van der Waals surface area contributed by atoms with Crippen LogP contribution in [0, 0.1) is 0 Å². The molecule has 0 amide bonds. The van der Waals surface area contributed by atoms with Crippen LogP contribution in [0.4, 0.5) is 0 Å². The number of carboxylic acid groups (broad SMARTS) is 1. The summed E-state index contributed by atoms with van der Waals surface area (Å²) in [4.78, 5) is 15.3. The van der Waals surface area contributed by atoms with Crippen molar-refractivity contribution in [2.75, 3.05) is 0 Å². The summed E-state index contributed by atoms with van der Waals surface area (Å²) >= 11 is 0. The molecular formula is C11H17N3O3. The molecule has 2 rings (SSSR count). The minimum absolute atomic E-state index is 0.312. The molecule has 0 radical (unpaired) electrons. The van der Waals surface area contributed by atoms with Gasteiger partial charge in [0.05, 0.1) is 6.54 Å². The molecule has 0 spiro atoms. The van der Waals surface area contributed by atoms with E-state index in [0.717, 1.165) is 12.8 Å². The van der Waals surface area contributed by atoms with Crippen LogP contribution in [-0.2, 0) is 11.3 Å². The standard InChI is InChI=1S/C11H17N3O3/c1-3-11(2,10(15)16)12-6-8-13-9(17-14-8)7-4-5-7/h7,12H,3-6H2,1-2H3,(H,15,16). The van der Waals surface area contributed by atoms with Gasteiger partial charge in [-0.05, 0) is 26.2 Å². The van der Waals surface area contributed by atoms with E-state index in [9.17, 15) is 4.79 Å². The quantitative estimate of drug-likeness (QED) is 0.777. The molecule has 1 saturated carbocycles. The molecule has 1 heterocycles. The smallest absolute Gasteiger partial charge is 0.323 e. The molecule has 0 aromatic carbocycles. The maximum atomic E-state index is 11.1. The summed E-state index contributed by atoms with van der Waals surface area (Å²) < 4.78 is 5.10. The topological polar surface area (TPSA) is 88.3 Å². The number of carbonyl (C=O) groups is 1. The Morgan fingerprint density at radius 3 is 2.88 bits per heavy atom. The largest absolute Gasteiger partial charge is 0.480 e. The normalized spacial score (nSPS) is 18.9. The summed E-state index contributed by atoms with van der Waals surface area (Å²) in [6.45, 7) is 3.79. The van der Waals surface area contributed by atoms with E-state index in [1.54, 1.807) is 6.92 Å². The number of carboxylic acids is 1. The van der Waals surface area contributed by atoms with Crippen LogP contribution in [0.3, 0.4) is 0 Å². The second kappa shape index (κ2) is 4.44. The average Bonchev–Trinajstić information content (AvgIpc) is 3.05. The minimum Gasteiger partial charge on any atom is -0.480 e. The van der Waals surface area contributed by atoms with Crippen LogP contribution in [0.2, 0.25) is 0 Å². The Bertz CT molecular complexity index is 414. The van der Waals surface area contributed by atoms with Gasteiger partial charge in [-0.15, -0.1) is 0 Å². The highest BCUT2D eigenvalue weighted by atomic mass is 16.5. The van der Waals surface area contributed by atoms with Gasteiger partial charge in [-0.3, -0.25) is 10.1 Å². The van der Waals surface area contributed by atoms with Crippen LogP contribution in [0.25, 0.3) is 0 Å². The summed E-state index contributed by atoms with van der Waals surface area (Å²) in [6, 6.07) is 0. The third-order valence-corrected chi connectivity index (χ3v) is 3.23. The Kier molecular flexibility index (Phi) is 3.15. The van der Waals surface area contributed by atoms with Crippen LogP contribution < -0.4 is 5.32 Å². The average molecular weight is 239 g/mol. The Hall–Kier alpha value is -1.43. The van der Waals surface area contributed by atoms with Crippen LogP contribution >= 0.6 is 0 Å². The Labute approximate surface area is 99.4 Å². The van der Waals surface area contributed by atoms with Crippen molar-refractivity contribution in [2.24, 2.45) is 0 Å². The highest BCUT2D eigenvalue weighted by Gasteiger charge is 2.32. The summed E-state index contributed by atoms with van der Waals surface area (Å²) in [5.74, 6) is 0.752. The van der Waals surface area contributed by atoms with Crippen molar-refractivity contribution in [2.45, 2.75) is 51.1 Å². The van der Waals surface area contributed by atoms with Crippen LogP contribution in [0.1, 0.15) is 50.7 Å². The highest BCUT2D eigenvalue weighted by Crippen LogP contribution is 2.38. The molecule has 17 heavy (non-hydrogen) atoms. The third-order valence-electron chi connectivity index (χ3n) is 3.23. The van der Waals surface area contributed by atoms with Crippen molar-refractivity contribution in [1.29, 1.82) is 0 Å². The molecule has 94 valence electrons. The fourth-order valence-corrected chi connectivity index (χ4v) is 1.46. The van der Waals surface area contributed by atoms with E-state index in [4.69, 9.17) is 9.63 Å². The number of nitrogens with one attached hydrogen (secondary N) is 1. The van der Waals surface area contributed by atoms with E-state index in [2.05, 4.69) is 15.5 Å². The predicted molar refractivity (Wildman–Crippen MR) is 59.4 cm³/mol. The molecule has 1 aromatic rings. The zero-order valence-electron chi connectivity index (χ0n) is 10.1. The number of nitrogens with zero attached hydrogens (tertiary/aromatic N) is 2. The lowest BCUT2D eigenvalue weighted by molar-refractivity contribution is -0.144. The van der Waals surface area contributed by atoms with Gasteiger partial charge >= 0.3 is 5.97 Å². The van der Waals surface area contributed by atoms with Gasteiger partial charge in [-0.25, -0.2) is 0 Å². The molecule has 1 atom stereocenters. The second-order valence-corrected chi connectivity index (χ2v) is 4.67. The maximum absolute atomic E-state index is 11.1. The van der Waals surface area contributed by atoms with Gasteiger partial charge in [-0.1, -0.05) is 12.1 Å². The van der Waals surface area contributed by atoms with Crippen LogP contribution in [0.15, 0.2) is 4.52 Å². The summed E-state index contributed by atoms with van der Waals surface area (Å²) in [6.07, 6.45) is 2.71. The first-order valence-electron chi connectivity index (χ1n) is 5.86. The summed E-state index contributed by atoms with van der Waals surface area (Å²) in [5, 5.41) is 15.9. The van der Waals surface area contributed by atoms with Gasteiger partial charge < -0.3 is 9.63 Å². The molecule has 1 aliphatic carbocycles. The lowest BCUT2D eigenvalue weighted by Gasteiger charge is -2.23. The molecular weight excluding hydrogens is 222 g/mol. The van der Waals surface area contributed by atoms with E-state index in [1.165, 1.54) is 0 Å². The van der Waals surface area contributed by atoms with Crippen molar-refractivity contribution < 1.29 is 14.4 Å². The first-order valence-corrected chi connectivity index (χ1v) is 5.86. The summed E-state index contributed by atoms with van der Waals surface area (Å²) in [5.41, 5.74) is -0.944. The number of aliphatic carboxylic acids is 1. The molecule has 0 saturated heterocycles. The van der Waals surface area contributed by atoms with E-state index in [1.807, 2.05) is 6.92 Å². The van der Waals surface area contributed by atoms with Crippen molar-refractivity contribution >= 4 is 5.97 Å². The highest BCUT2D eigenvalue weighted by molar-refractivity contribution is 5.78. The minimum atomic E-state index is -0.944. The Morgan fingerprint density at radius 1 is 1.65 bits per heavy atom. The molecule has 1 aliphatic rings. The Morgan fingerprint density at radius 2 is 2.35 bits per heavy atom. The fourth-order valence-electron chi connectivity index (χ4n) is 1.46. The zero-order chi connectivity index (χ0) is 12.5. The molecule has 6 heteroatoms. The molecule has 2 N–H and O–H groups in total. The van der Waals surface area contributed by atoms with E-state index in [0.29, 0.717) is 30.6 Å². The molecule has 6 nitrogen and oxygen atoms in total. The first-order chi connectivity index (χ1) is 8.05. The van der Waals surface area contributed by atoms with Crippen molar-refractivity contribution in [3.8, 4) is 0 Å². The monoisotopic (exact) mass is 239 g/mol. The molecule has 1 aromatic heterocycles. The molecule has 1 unspecified atom stereocenters. The molecule has 0 aliphatic heterocycles. The fraction of sp³-hybridized carbons (Fsp3) is 0.727. The van der Waals surface area contributed by atoms with Gasteiger partial charge in [0.25, 0.3) is 0 Å². The van der Waals surface area contributed by atoms with Crippen LogP contribution in [0.5, 0.6) is 0 Å². The van der Waals surface area contributed by atoms with E-state index < -0.39 is 11.5 Å². The number of hydrogen-bond donors (Lipinski definition) is 2. The second-order valence-electron chi connectivity index (χ2n) is 4.67. The van der Waals surface area contributed by atoms with Crippen molar-refractivity contribution in [3.05, 3.63) is 11.7 Å². The number of rotatable bonds is 6.